The molecule has 0 spiro atoms. The predicted octanol–water partition coefficient (Wildman–Crippen LogP) is 2.05. The molecule has 0 aliphatic heterocycles. The van der Waals surface area contributed by atoms with E-state index >= 15 is 0 Å². The number of aliphatic carboxylic acids is 1. The first kappa shape index (κ1) is 16.0. The normalized spacial score (nSPS) is 17.7. The van der Waals surface area contributed by atoms with Crippen LogP contribution in [0.15, 0.2) is 0 Å². The monoisotopic (exact) mass is 271 g/mol. The molecule has 0 unspecified atom stereocenters. The highest BCUT2D eigenvalue weighted by atomic mass is 16.5. The second-order valence-electron chi connectivity index (χ2n) is 6.28. The Morgan fingerprint density at radius 3 is 2.21 bits per heavy atom. The van der Waals surface area contributed by atoms with Gasteiger partial charge in [0.05, 0.1) is 18.4 Å². The number of ether oxygens (including phenoxy) is 1. The van der Waals surface area contributed by atoms with E-state index in [1.54, 1.807) is 12.0 Å². The second-order valence-corrected chi connectivity index (χ2v) is 6.28. The molecule has 0 aromatic rings. The minimum atomic E-state index is -0.882. The molecule has 1 amide bonds. The van der Waals surface area contributed by atoms with Crippen molar-refractivity contribution in [1.29, 1.82) is 0 Å². The zero-order chi connectivity index (χ0) is 14.7. The number of rotatable bonds is 6. The summed E-state index contributed by atoms with van der Waals surface area (Å²) in [5.41, 5.74) is -0.685. The van der Waals surface area contributed by atoms with Gasteiger partial charge in [0.15, 0.2) is 0 Å². The van der Waals surface area contributed by atoms with E-state index in [0.717, 1.165) is 19.3 Å². The summed E-state index contributed by atoms with van der Waals surface area (Å²) >= 11 is 0. The quantitative estimate of drug-likeness (QED) is 0.803. The number of hydrogen-bond donors (Lipinski definition) is 1. The zero-order valence-corrected chi connectivity index (χ0v) is 12.4. The van der Waals surface area contributed by atoms with Crippen molar-refractivity contribution in [1.82, 2.24) is 4.90 Å². The SMILES string of the molecule is COC1(CC(=O)N(CCC(=O)O)C(C)(C)C)CCC1. The molecule has 1 rings (SSSR count). The van der Waals surface area contributed by atoms with Crippen molar-refractivity contribution in [3.8, 4) is 0 Å². The number of nitrogens with zero attached hydrogens (tertiary/aromatic N) is 1. The maximum atomic E-state index is 12.4. The summed E-state index contributed by atoms with van der Waals surface area (Å²) < 4.78 is 5.47. The van der Waals surface area contributed by atoms with Crippen molar-refractivity contribution in [2.24, 2.45) is 0 Å². The van der Waals surface area contributed by atoms with E-state index in [1.807, 2.05) is 20.8 Å². The van der Waals surface area contributed by atoms with Gasteiger partial charge in [0.2, 0.25) is 5.91 Å². The number of carboxylic acid groups (broad SMARTS) is 1. The van der Waals surface area contributed by atoms with Crippen LogP contribution >= 0.6 is 0 Å². The minimum absolute atomic E-state index is 0.0182. The number of carbonyl (C=O) groups excluding carboxylic acids is 1. The van der Waals surface area contributed by atoms with Gasteiger partial charge < -0.3 is 14.7 Å². The van der Waals surface area contributed by atoms with Crippen LogP contribution in [0.4, 0.5) is 0 Å². The Hall–Kier alpha value is -1.10. The predicted molar refractivity (Wildman–Crippen MR) is 71.9 cm³/mol. The summed E-state index contributed by atoms with van der Waals surface area (Å²) in [5, 5.41) is 8.78. The molecule has 0 bridgehead atoms. The van der Waals surface area contributed by atoms with Crippen molar-refractivity contribution in [2.75, 3.05) is 13.7 Å². The van der Waals surface area contributed by atoms with E-state index in [2.05, 4.69) is 0 Å². The molecule has 110 valence electrons. The van der Waals surface area contributed by atoms with Crippen molar-refractivity contribution in [3.63, 3.8) is 0 Å². The zero-order valence-electron chi connectivity index (χ0n) is 12.4. The van der Waals surface area contributed by atoms with Gasteiger partial charge in [-0.2, -0.15) is 0 Å². The Labute approximate surface area is 114 Å². The van der Waals surface area contributed by atoms with E-state index in [0.29, 0.717) is 6.42 Å². The van der Waals surface area contributed by atoms with Crippen LogP contribution in [0.1, 0.15) is 52.9 Å². The van der Waals surface area contributed by atoms with E-state index in [9.17, 15) is 9.59 Å². The molecule has 0 aromatic carbocycles. The average molecular weight is 271 g/mol. The molecule has 0 atom stereocenters. The largest absolute Gasteiger partial charge is 0.481 e. The molecular formula is C14H25NO4. The Kier molecular flexibility index (Phi) is 4.96. The van der Waals surface area contributed by atoms with Crippen LogP contribution in [0.25, 0.3) is 0 Å². The standard InChI is InChI=1S/C14H25NO4/c1-13(2,3)15(9-6-12(17)18)11(16)10-14(19-4)7-5-8-14/h5-10H2,1-4H3,(H,17,18). The molecule has 0 heterocycles. The summed E-state index contributed by atoms with van der Waals surface area (Å²) in [6.45, 7) is 6.02. The molecule has 0 saturated heterocycles. The lowest BCUT2D eigenvalue weighted by Gasteiger charge is -2.43. The molecule has 1 saturated carbocycles. The summed E-state index contributed by atoms with van der Waals surface area (Å²) in [6, 6.07) is 0. The molecule has 1 aliphatic carbocycles. The second kappa shape index (κ2) is 5.90. The first-order valence-corrected chi connectivity index (χ1v) is 6.78. The van der Waals surface area contributed by atoms with Crippen molar-refractivity contribution in [3.05, 3.63) is 0 Å². The Balaban J connectivity index is 2.68. The smallest absolute Gasteiger partial charge is 0.305 e. The van der Waals surface area contributed by atoms with Gasteiger partial charge in [-0.25, -0.2) is 0 Å². The first-order valence-electron chi connectivity index (χ1n) is 6.78. The molecular weight excluding hydrogens is 246 g/mol. The molecule has 19 heavy (non-hydrogen) atoms. The maximum Gasteiger partial charge on any atom is 0.305 e. The molecule has 0 radical (unpaired) electrons. The highest BCUT2D eigenvalue weighted by Gasteiger charge is 2.41. The lowest BCUT2D eigenvalue weighted by atomic mass is 9.77. The number of hydrogen-bond acceptors (Lipinski definition) is 3. The Morgan fingerprint density at radius 1 is 1.32 bits per heavy atom. The average Bonchev–Trinajstić information content (AvgIpc) is 2.21. The summed E-state index contributed by atoms with van der Waals surface area (Å²) in [6.07, 6.45) is 3.23. The molecule has 1 fully saturated rings. The lowest BCUT2D eigenvalue weighted by Crippen LogP contribution is -2.51. The van der Waals surface area contributed by atoms with Gasteiger partial charge in [-0.05, 0) is 40.0 Å². The van der Waals surface area contributed by atoms with Gasteiger partial charge in [0, 0.05) is 19.2 Å². The third-order valence-electron chi connectivity index (χ3n) is 3.83. The van der Waals surface area contributed by atoms with Crippen LogP contribution in [-0.4, -0.2) is 46.7 Å². The van der Waals surface area contributed by atoms with E-state index in [1.165, 1.54) is 0 Å². The maximum absolute atomic E-state index is 12.4. The first-order chi connectivity index (χ1) is 8.70. The Bertz CT molecular complexity index is 336. The minimum Gasteiger partial charge on any atom is -0.481 e. The third-order valence-corrected chi connectivity index (χ3v) is 3.83. The van der Waals surface area contributed by atoms with Crippen LogP contribution in [0.2, 0.25) is 0 Å². The van der Waals surface area contributed by atoms with Gasteiger partial charge in [0.25, 0.3) is 0 Å². The van der Waals surface area contributed by atoms with Gasteiger partial charge in [-0.15, -0.1) is 0 Å². The fourth-order valence-corrected chi connectivity index (χ4v) is 2.44. The fraction of sp³-hybridized carbons (Fsp3) is 0.857. The third kappa shape index (κ3) is 4.20. The van der Waals surface area contributed by atoms with E-state index in [4.69, 9.17) is 9.84 Å². The van der Waals surface area contributed by atoms with Crippen LogP contribution in [0.5, 0.6) is 0 Å². The van der Waals surface area contributed by atoms with E-state index in [-0.39, 0.29) is 30.0 Å². The number of carbonyl (C=O) groups is 2. The lowest BCUT2D eigenvalue weighted by molar-refractivity contribution is -0.149. The van der Waals surface area contributed by atoms with Crippen molar-refractivity contribution < 1.29 is 19.4 Å². The van der Waals surface area contributed by atoms with Gasteiger partial charge in [-0.1, -0.05) is 0 Å². The van der Waals surface area contributed by atoms with Crippen molar-refractivity contribution >= 4 is 11.9 Å². The van der Waals surface area contributed by atoms with Gasteiger partial charge in [-0.3, -0.25) is 9.59 Å². The molecule has 5 nitrogen and oxygen atoms in total. The van der Waals surface area contributed by atoms with Crippen LogP contribution < -0.4 is 0 Å². The number of amides is 1. The fourth-order valence-electron chi connectivity index (χ4n) is 2.44. The highest BCUT2D eigenvalue weighted by molar-refractivity contribution is 5.79. The molecule has 0 aromatic heterocycles. The van der Waals surface area contributed by atoms with Crippen LogP contribution in [0.3, 0.4) is 0 Å². The van der Waals surface area contributed by atoms with Gasteiger partial charge in [0.1, 0.15) is 0 Å². The van der Waals surface area contributed by atoms with Gasteiger partial charge >= 0.3 is 5.97 Å². The van der Waals surface area contributed by atoms with Crippen molar-refractivity contribution in [2.45, 2.75) is 64.0 Å². The number of methoxy groups -OCH3 is 1. The Morgan fingerprint density at radius 2 is 1.89 bits per heavy atom. The van der Waals surface area contributed by atoms with Crippen LogP contribution in [-0.2, 0) is 14.3 Å². The number of carboxylic acids is 1. The highest BCUT2D eigenvalue weighted by Crippen LogP contribution is 2.38. The topological polar surface area (TPSA) is 66.8 Å². The summed E-state index contributed by atoms with van der Waals surface area (Å²) in [5.74, 6) is -0.901. The molecule has 1 N–H and O–H groups in total. The summed E-state index contributed by atoms with van der Waals surface area (Å²) in [4.78, 5) is 24.8. The molecule has 5 heteroatoms. The van der Waals surface area contributed by atoms with Crippen LogP contribution in [0, 0.1) is 0 Å². The molecule has 1 aliphatic rings. The van der Waals surface area contributed by atoms with E-state index < -0.39 is 5.97 Å². The summed E-state index contributed by atoms with van der Waals surface area (Å²) in [7, 11) is 1.64.